The molecular weight excluding hydrogens is 313 g/mol. The maximum atomic E-state index is 12.9. The molecule has 0 aromatic heterocycles. The fourth-order valence-corrected chi connectivity index (χ4v) is 4.10. The molecule has 5 heteroatoms. The zero-order valence-corrected chi connectivity index (χ0v) is 13.8. The van der Waals surface area contributed by atoms with Crippen LogP contribution in [0.4, 0.5) is 4.39 Å². The lowest BCUT2D eigenvalue weighted by Gasteiger charge is -2.19. The first-order chi connectivity index (χ1) is 10.9. The lowest BCUT2D eigenvalue weighted by atomic mass is 10.0. The minimum absolute atomic E-state index is 0.137. The van der Waals surface area contributed by atoms with Crippen LogP contribution in [-0.4, -0.2) is 8.42 Å². The van der Waals surface area contributed by atoms with Crippen LogP contribution in [-0.2, 0) is 15.8 Å². The van der Waals surface area contributed by atoms with E-state index in [0.29, 0.717) is 11.5 Å². The van der Waals surface area contributed by atoms with Crippen LogP contribution in [0.25, 0.3) is 0 Å². The van der Waals surface area contributed by atoms with Crippen LogP contribution in [0, 0.1) is 18.7 Å². The van der Waals surface area contributed by atoms with Crippen molar-refractivity contribution in [2.24, 2.45) is 5.92 Å². The van der Waals surface area contributed by atoms with Crippen LogP contribution in [0.15, 0.2) is 48.5 Å². The second-order valence-electron chi connectivity index (χ2n) is 6.23. The van der Waals surface area contributed by atoms with Gasteiger partial charge in [-0.3, -0.25) is 0 Å². The first-order valence-corrected chi connectivity index (χ1v) is 9.39. The number of benzene rings is 2. The van der Waals surface area contributed by atoms with E-state index >= 15 is 0 Å². The smallest absolute Gasteiger partial charge is 0.212 e. The molecule has 0 heterocycles. The van der Waals surface area contributed by atoms with Gasteiger partial charge in [0.05, 0.1) is 5.75 Å². The summed E-state index contributed by atoms with van der Waals surface area (Å²) in [5, 5.41) is 0. The first-order valence-electron chi connectivity index (χ1n) is 7.74. The Morgan fingerprint density at radius 2 is 1.70 bits per heavy atom. The molecule has 1 aliphatic rings. The number of rotatable bonds is 6. The summed E-state index contributed by atoms with van der Waals surface area (Å²) in [6, 6.07) is 13.4. The van der Waals surface area contributed by atoms with Gasteiger partial charge in [-0.15, -0.1) is 0 Å². The third-order valence-corrected chi connectivity index (χ3v) is 5.43. The molecule has 3 rings (SSSR count). The molecule has 0 bridgehead atoms. The Labute approximate surface area is 136 Å². The van der Waals surface area contributed by atoms with Crippen LogP contribution in [0.2, 0.25) is 0 Å². The van der Waals surface area contributed by atoms with Gasteiger partial charge in [-0.25, -0.2) is 17.5 Å². The molecule has 1 saturated carbocycles. The molecule has 1 atom stereocenters. The van der Waals surface area contributed by atoms with Crippen LogP contribution in [0.3, 0.4) is 0 Å². The van der Waals surface area contributed by atoms with E-state index in [9.17, 15) is 12.8 Å². The molecule has 1 aliphatic carbocycles. The molecule has 3 nitrogen and oxygen atoms in total. The van der Waals surface area contributed by atoms with E-state index in [2.05, 4.69) is 4.72 Å². The fraction of sp³-hybridized carbons (Fsp3) is 0.333. The molecule has 2 aromatic rings. The van der Waals surface area contributed by atoms with E-state index < -0.39 is 10.0 Å². The van der Waals surface area contributed by atoms with Gasteiger partial charge in [0.1, 0.15) is 5.82 Å². The van der Waals surface area contributed by atoms with E-state index in [4.69, 9.17) is 0 Å². The SMILES string of the molecule is Cc1ccc(C(NS(=O)(=O)Cc2ccc(F)cc2)C2CC2)cc1. The number of sulfonamides is 1. The maximum Gasteiger partial charge on any atom is 0.216 e. The third kappa shape index (κ3) is 4.39. The Balaban J connectivity index is 1.76. The number of hydrogen-bond donors (Lipinski definition) is 1. The second kappa shape index (κ2) is 6.42. The van der Waals surface area contributed by atoms with Gasteiger partial charge in [-0.05, 0) is 48.9 Å². The monoisotopic (exact) mass is 333 g/mol. The normalized spacial score (nSPS) is 16.3. The zero-order valence-electron chi connectivity index (χ0n) is 13.0. The lowest BCUT2D eigenvalue weighted by molar-refractivity contribution is 0.528. The molecule has 1 unspecified atom stereocenters. The number of aryl methyl sites for hydroxylation is 1. The third-order valence-electron chi connectivity index (χ3n) is 4.11. The van der Waals surface area contributed by atoms with Gasteiger partial charge in [-0.2, -0.15) is 0 Å². The average molecular weight is 333 g/mol. The van der Waals surface area contributed by atoms with Gasteiger partial charge < -0.3 is 0 Å². The van der Waals surface area contributed by atoms with Crippen molar-refractivity contribution in [3.8, 4) is 0 Å². The Hall–Kier alpha value is -1.72. The predicted octanol–water partition coefficient (Wildman–Crippen LogP) is 3.70. The minimum Gasteiger partial charge on any atom is -0.212 e. The summed E-state index contributed by atoms with van der Waals surface area (Å²) < 4.78 is 40.7. The van der Waals surface area contributed by atoms with E-state index in [-0.39, 0.29) is 17.6 Å². The van der Waals surface area contributed by atoms with E-state index in [1.165, 1.54) is 24.3 Å². The van der Waals surface area contributed by atoms with Crippen LogP contribution in [0.5, 0.6) is 0 Å². The quantitative estimate of drug-likeness (QED) is 0.876. The van der Waals surface area contributed by atoms with E-state index in [0.717, 1.165) is 24.0 Å². The van der Waals surface area contributed by atoms with Crippen molar-refractivity contribution in [1.82, 2.24) is 4.72 Å². The van der Waals surface area contributed by atoms with Crippen molar-refractivity contribution in [3.63, 3.8) is 0 Å². The molecule has 2 aromatic carbocycles. The average Bonchev–Trinajstić information content (AvgIpc) is 3.33. The number of halogens is 1. The van der Waals surface area contributed by atoms with Crippen LogP contribution < -0.4 is 4.72 Å². The van der Waals surface area contributed by atoms with Crippen molar-refractivity contribution in [2.45, 2.75) is 31.6 Å². The molecule has 1 N–H and O–H groups in total. The number of hydrogen-bond acceptors (Lipinski definition) is 2. The standard InChI is InChI=1S/C18H20FNO2S/c1-13-2-6-15(7-3-13)18(16-8-9-16)20-23(21,22)12-14-4-10-17(19)11-5-14/h2-7,10-11,16,18,20H,8-9,12H2,1H3. The molecule has 0 saturated heterocycles. The molecule has 0 amide bonds. The first kappa shape index (κ1) is 16.1. The fourth-order valence-electron chi connectivity index (χ4n) is 2.67. The summed E-state index contributed by atoms with van der Waals surface area (Å²) in [6.45, 7) is 2.01. The highest BCUT2D eigenvalue weighted by Crippen LogP contribution is 2.41. The Morgan fingerprint density at radius 1 is 1.09 bits per heavy atom. The van der Waals surface area contributed by atoms with Crippen molar-refractivity contribution in [3.05, 3.63) is 71.0 Å². The molecule has 23 heavy (non-hydrogen) atoms. The van der Waals surface area contributed by atoms with Crippen molar-refractivity contribution in [2.75, 3.05) is 0 Å². The summed E-state index contributed by atoms with van der Waals surface area (Å²) in [7, 11) is -3.48. The highest BCUT2D eigenvalue weighted by atomic mass is 32.2. The van der Waals surface area contributed by atoms with Gasteiger partial charge in [0.15, 0.2) is 0 Å². The molecular formula is C18H20FNO2S. The largest absolute Gasteiger partial charge is 0.216 e. The van der Waals surface area contributed by atoms with Gasteiger partial charge >= 0.3 is 0 Å². The summed E-state index contributed by atoms with van der Waals surface area (Å²) in [5.41, 5.74) is 2.73. The molecule has 1 fully saturated rings. The van der Waals surface area contributed by atoms with E-state index in [1.54, 1.807) is 0 Å². The van der Waals surface area contributed by atoms with Gasteiger partial charge in [0.2, 0.25) is 10.0 Å². The maximum absolute atomic E-state index is 12.9. The summed E-state index contributed by atoms with van der Waals surface area (Å²) in [5.74, 6) is -0.141. The van der Waals surface area contributed by atoms with Crippen LogP contribution in [0.1, 0.15) is 35.6 Å². The summed E-state index contributed by atoms with van der Waals surface area (Å²) in [4.78, 5) is 0. The highest BCUT2D eigenvalue weighted by Gasteiger charge is 2.34. The van der Waals surface area contributed by atoms with Gasteiger partial charge in [0, 0.05) is 6.04 Å². The number of nitrogens with one attached hydrogen (secondary N) is 1. The molecule has 0 aliphatic heterocycles. The molecule has 0 radical (unpaired) electrons. The van der Waals surface area contributed by atoms with Crippen molar-refractivity contribution >= 4 is 10.0 Å². The Morgan fingerprint density at radius 3 is 2.26 bits per heavy atom. The topological polar surface area (TPSA) is 46.2 Å². The van der Waals surface area contributed by atoms with Gasteiger partial charge in [0.25, 0.3) is 0 Å². The van der Waals surface area contributed by atoms with Crippen molar-refractivity contribution in [1.29, 1.82) is 0 Å². The summed E-state index contributed by atoms with van der Waals surface area (Å²) >= 11 is 0. The lowest BCUT2D eigenvalue weighted by Crippen LogP contribution is -2.31. The van der Waals surface area contributed by atoms with Gasteiger partial charge in [-0.1, -0.05) is 42.0 Å². The highest BCUT2D eigenvalue weighted by molar-refractivity contribution is 7.88. The Bertz CT molecular complexity index is 766. The minimum atomic E-state index is -3.48. The van der Waals surface area contributed by atoms with E-state index in [1.807, 2.05) is 31.2 Å². The summed E-state index contributed by atoms with van der Waals surface area (Å²) in [6.07, 6.45) is 2.08. The molecule has 122 valence electrons. The zero-order chi connectivity index (χ0) is 16.4. The Kier molecular flexibility index (Phi) is 4.50. The molecule has 0 spiro atoms. The second-order valence-corrected chi connectivity index (χ2v) is 7.98. The van der Waals surface area contributed by atoms with Crippen LogP contribution >= 0.6 is 0 Å². The predicted molar refractivity (Wildman–Crippen MR) is 88.8 cm³/mol. The van der Waals surface area contributed by atoms with Crippen molar-refractivity contribution < 1.29 is 12.8 Å².